The van der Waals surface area contributed by atoms with Crippen LogP contribution in [0.1, 0.15) is 17.2 Å². The minimum absolute atomic E-state index is 0.0127. The van der Waals surface area contributed by atoms with Gasteiger partial charge >= 0.3 is 0 Å². The van der Waals surface area contributed by atoms with E-state index in [4.69, 9.17) is 0 Å². The molecule has 2 rings (SSSR count). The summed E-state index contributed by atoms with van der Waals surface area (Å²) in [4.78, 5) is 0. The van der Waals surface area contributed by atoms with Crippen molar-refractivity contribution in [2.45, 2.75) is 12.5 Å². The van der Waals surface area contributed by atoms with Gasteiger partial charge in [-0.2, -0.15) is 0 Å². The summed E-state index contributed by atoms with van der Waals surface area (Å²) in [7, 11) is 1.83. The Morgan fingerprint density at radius 1 is 1.11 bits per heavy atom. The zero-order valence-corrected chi connectivity index (χ0v) is 12.0. The molecule has 0 fully saturated rings. The highest BCUT2D eigenvalue weighted by Crippen LogP contribution is 2.22. The highest BCUT2D eigenvalue weighted by Gasteiger charge is 2.11. The van der Waals surface area contributed by atoms with Gasteiger partial charge in [-0.3, -0.25) is 0 Å². The second-order valence-corrected chi connectivity index (χ2v) is 5.29. The van der Waals surface area contributed by atoms with Gasteiger partial charge in [0.25, 0.3) is 0 Å². The normalized spacial score (nSPS) is 12.4. The smallest absolute Gasteiger partial charge is 0.126 e. The Bertz CT molecular complexity index is 552. The van der Waals surface area contributed by atoms with Gasteiger partial charge in [0.2, 0.25) is 0 Å². The van der Waals surface area contributed by atoms with E-state index >= 15 is 0 Å². The number of hydrogen-bond donors (Lipinski definition) is 1. The minimum Gasteiger partial charge on any atom is -0.313 e. The molecule has 2 aromatic carbocycles. The first-order chi connectivity index (χ1) is 9.08. The van der Waals surface area contributed by atoms with Crippen LogP contribution < -0.4 is 5.32 Å². The Morgan fingerprint density at radius 2 is 1.79 bits per heavy atom. The molecular formula is C15H14BrF2N. The zero-order valence-electron chi connectivity index (χ0n) is 10.5. The summed E-state index contributed by atoms with van der Waals surface area (Å²) in [6.45, 7) is 0. The number of hydrogen-bond acceptors (Lipinski definition) is 1. The lowest BCUT2D eigenvalue weighted by atomic mass is 9.99. The minimum atomic E-state index is -0.543. The van der Waals surface area contributed by atoms with E-state index in [9.17, 15) is 8.78 Å². The predicted octanol–water partition coefficient (Wildman–Crippen LogP) is 4.23. The van der Waals surface area contributed by atoms with Gasteiger partial charge in [0.15, 0.2) is 0 Å². The second-order valence-electron chi connectivity index (χ2n) is 4.38. The van der Waals surface area contributed by atoms with Gasteiger partial charge in [-0.1, -0.05) is 28.1 Å². The summed E-state index contributed by atoms with van der Waals surface area (Å²) in [5.41, 5.74) is 1.71. The molecule has 0 aliphatic heterocycles. The molecule has 1 unspecified atom stereocenters. The van der Waals surface area contributed by atoms with E-state index in [2.05, 4.69) is 21.2 Å². The largest absolute Gasteiger partial charge is 0.313 e. The summed E-state index contributed by atoms with van der Waals surface area (Å²) in [5, 5.41) is 3.17. The van der Waals surface area contributed by atoms with Crippen LogP contribution in [0.5, 0.6) is 0 Å². The van der Waals surface area contributed by atoms with Gasteiger partial charge < -0.3 is 5.32 Å². The van der Waals surface area contributed by atoms with Crippen molar-refractivity contribution < 1.29 is 8.78 Å². The molecule has 4 heteroatoms. The Hall–Kier alpha value is -1.26. The molecule has 0 radical (unpaired) electrons. The van der Waals surface area contributed by atoms with E-state index in [0.717, 1.165) is 16.1 Å². The topological polar surface area (TPSA) is 12.0 Å². The van der Waals surface area contributed by atoms with Crippen molar-refractivity contribution >= 4 is 15.9 Å². The molecule has 0 saturated carbocycles. The summed E-state index contributed by atoms with van der Waals surface area (Å²) < 4.78 is 27.3. The molecule has 0 saturated heterocycles. The standard InChI is InChI=1S/C15H14BrF2N/c1-19-15(11-3-2-4-12(16)8-11)7-10-5-13(17)9-14(18)6-10/h2-6,8-9,15,19H,7H2,1H3. The number of rotatable bonds is 4. The first-order valence-electron chi connectivity index (χ1n) is 5.96. The van der Waals surface area contributed by atoms with Crippen LogP contribution in [-0.4, -0.2) is 7.05 Å². The third-order valence-corrected chi connectivity index (χ3v) is 3.45. The van der Waals surface area contributed by atoms with Gasteiger partial charge in [-0.25, -0.2) is 8.78 Å². The predicted molar refractivity (Wildman–Crippen MR) is 76.0 cm³/mol. The third-order valence-electron chi connectivity index (χ3n) is 2.96. The maximum absolute atomic E-state index is 13.2. The first kappa shape index (κ1) is 14.2. The van der Waals surface area contributed by atoms with Crippen LogP contribution in [-0.2, 0) is 6.42 Å². The lowest BCUT2D eigenvalue weighted by Gasteiger charge is -2.17. The van der Waals surface area contributed by atoms with Gasteiger partial charge in [0, 0.05) is 16.6 Å². The average molecular weight is 326 g/mol. The van der Waals surface area contributed by atoms with Crippen LogP contribution in [0.25, 0.3) is 0 Å². The van der Waals surface area contributed by atoms with Crippen LogP contribution in [0.3, 0.4) is 0 Å². The monoisotopic (exact) mass is 325 g/mol. The zero-order chi connectivity index (χ0) is 13.8. The molecule has 0 aliphatic carbocycles. The molecule has 19 heavy (non-hydrogen) atoms. The lowest BCUT2D eigenvalue weighted by Crippen LogP contribution is -2.19. The van der Waals surface area contributed by atoms with E-state index in [1.165, 1.54) is 12.1 Å². The molecule has 1 nitrogen and oxygen atoms in total. The van der Waals surface area contributed by atoms with Crippen LogP contribution in [0, 0.1) is 11.6 Å². The molecule has 0 aromatic heterocycles. The van der Waals surface area contributed by atoms with Crippen LogP contribution in [0.4, 0.5) is 8.78 Å². The van der Waals surface area contributed by atoms with Crippen molar-refractivity contribution in [1.82, 2.24) is 5.32 Å². The van der Waals surface area contributed by atoms with E-state index in [1.54, 1.807) is 0 Å². The van der Waals surface area contributed by atoms with E-state index < -0.39 is 11.6 Å². The maximum Gasteiger partial charge on any atom is 0.126 e. The Balaban J connectivity index is 2.23. The average Bonchev–Trinajstić information content (AvgIpc) is 2.34. The number of halogens is 3. The third kappa shape index (κ3) is 3.85. The lowest BCUT2D eigenvalue weighted by molar-refractivity contribution is 0.562. The molecule has 1 N–H and O–H groups in total. The first-order valence-corrected chi connectivity index (χ1v) is 6.75. The SMILES string of the molecule is CNC(Cc1cc(F)cc(F)c1)c1cccc(Br)c1. The van der Waals surface area contributed by atoms with E-state index in [1.807, 2.05) is 31.3 Å². The fourth-order valence-electron chi connectivity index (χ4n) is 2.07. The van der Waals surface area contributed by atoms with Crippen LogP contribution in [0.15, 0.2) is 46.9 Å². The number of benzene rings is 2. The fraction of sp³-hybridized carbons (Fsp3) is 0.200. The van der Waals surface area contributed by atoms with Crippen molar-refractivity contribution in [3.8, 4) is 0 Å². The summed E-state index contributed by atoms with van der Waals surface area (Å²) in [5.74, 6) is -1.09. The van der Waals surface area contributed by atoms with Gasteiger partial charge in [-0.05, 0) is 48.9 Å². The van der Waals surface area contributed by atoms with Crippen molar-refractivity contribution in [2.24, 2.45) is 0 Å². The van der Waals surface area contributed by atoms with Crippen LogP contribution in [0.2, 0.25) is 0 Å². The Kier molecular flexibility index (Phi) is 4.66. The van der Waals surface area contributed by atoms with Gasteiger partial charge in [0.05, 0.1) is 0 Å². The Labute approximate surface area is 119 Å². The second kappa shape index (κ2) is 6.26. The van der Waals surface area contributed by atoms with Crippen molar-refractivity contribution in [3.63, 3.8) is 0 Å². The maximum atomic E-state index is 13.2. The molecule has 0 spiro atoms. The quantitative estimate of drug-likeness (QED) is 0.887. The van der Waals surface area contributed by atoms with Gasteiger partial charge in [0.1, 0.15) is 11.6 Å². The van der Waals surface area contributed by atoms with Crippen molar-refractivity contribution in [2.75, 3.05) is 7.05 Å². The highest BCUT2D eigenvalue weighted by atomic mass is 79.9. The van der Waals surface area contributed by atoms with Crippen molar-refractivity contribution in [1.29, 1.82) is 0 Å². The molecule has 100 valence electrons. The summed E-state index contributed by atoms with van der Waals surface area (Å²) in [6.07, 6.45) is 0.529. The molecule has 0 heterocycles. The number of nitrogens with one attached hydrogen (secondary N) is 1. The molecular weight excluding hydrogens is 312 g/mol. The molecule has 0 bridgehead atoms. The van der Waals surface area contributed by atoms with E-state index in [0.29, 0.717) is 12.0 Å². The molecule has 1 atom stereocenters. The summed E-state index contributed by atoms with van der Waals surface area (Å²) in [6, 6.07) is 11.5. The van der Waals surface area contributed by atoms with Crippen molar-refractivity contribution in [3.05, 3.63) is 69.7 Å². The highest BCUT2D eigenvalue weighted by molar-refractivity contribution is 9.10. The fourth-order valence-corrected chi connectivity index (χ4v) is 2.49. The van der Waals surface area contributed by atoms with E-state index in [-0.39, 0.29) is 6.04 Å². The Morgan fingerprint density at radius 3 is 2.37 bits per heavy atom. The van der Waals surface area contributed by atoms with Gasteiger partial charge in [-0.15, -0.1) is 0 Å². The number of likely N-dealkylation sites (N-methyl/N-ethyl adjacent to an activating group) is 1. The molecule has 0 amide bonds. The van der Waals surface area contributed by atoms with Crippen LogP contribution >= 0.6 is 15.9 Å². The molecule has 2 aromatic rings. The summed E-state index contributed by atoms with van der Waals surface area (Å²) >= 11 is 3.42. The molecule has 0 aliphatic rings.